The summed E-state index contributed by atoms with van der Waals surface area (Å²) in [6, 6.07) is 7.78. The molecule has 1 fully saturated rings. The number of rotatable bonds is 6. The smallest absolute Gasteiger partial charge is 0.330 e. The fraction of sp³-hybridized carbons (Fsp3) is 0.286. The van der Waals surface area contributed by atoms with Gasteiger partial charge in [0.1, 0.15) is 11.9 Å². The van der Waals surface area contributed by atoms with Gasteiger partial charge in [0.2, 0.25) is 5.95 Å². The van der Waals surface area contributed by atoms with Gasteiger partial charge in [0.05, 0.1) is 18.1 Å². The maximum absolute atomic E-state index is 12.3. The number of urea groups is 1. The number of hydrogen-bond donors (Lipinski definition) is 2. The summed E-state index contributed by atoms with van der Waals surface area (Å²) in [5, 5.41) is 6.23. The molecule has 2 atom stereocenters. The van der Waals surface area contributed by atoms with Crippen molar-refractivity contribution in [1.82, 2.24) is 24.8 Å². The highest BCUT2D eigenvalue weighted by Crippen LogP contribution is 2.25. The molecule has 0 unspecified atom stereocenters. The average Bonchev–Trinajstić information content (AvgIpc) is 3.33. The molecule has 0 radical (unpaired) electrons. The Morgan fingerprint density at radius 2 is 1.84 bits per heavy atom. The number of halogens is 1. The summed E-state index contributed by atoms with van der Waals surface area (Å²) in [6.07, 6.45) is 5.19. The Balaban J connectivity index is 1.52. The zero-order valence-electron chi connectivity index (χ0n) is 17.3. The van der Waals surface area contributed by atoms with Crippen LogP contribution in [-0.4, -0.2) is 37.5 Å². The molecule has 0 saturated carbocycles. The van der Waals surface area contributed by atoms with Gasteiger partial charge in [-0.3, -0.25) is 15.0 Å². The molecule has 0 bridgehead atoms. The van der Waals surface area contributed by atoms with Gasteiger partial charge in [-0.05, 0) is 43.2 Å². The van der Waals surface area contributed by atoms with Gasteiger partial charge >= 0.3 is 6.03 Å². The van der Waals surface area contributed by atoms with Crippen LogP contribution in [0.4, 0.5) is 16.6 Å². The standard InChI is InChI=1S/C21H22ClN7O2/c1-12(2)18-19(30)27-21(31)29(18)17-8-9-23-20(26-17)25-13(3)16-10-28(11-24-16)15-6-4-14(22)5-7-15/h4-13,18H,1-3H3,(H,23,25,26)(H,27,30,31)/t13-,18+/m1/s1. The fourth-order valence-corrected chi connectivity index (χ4v) is 3.59. The molecule has 31 heavy (non-hydrogen) atoms. The van der Waals surface area contributed by atoms with Crippen LogP contribution in [0.5, 0.6) is 0 Å². The van der Waals surface area contributed by atoms with Crippen molar-refractivity contribution >= 4 is 35.3 Å². The van der Waals surface area contributed by atoms with Crippen molar-refractivity contribution in [1.29, 1.82) is 0 Å². The fourth-order valence-electron chi connectivity index (χ4n) is 3.47. The molecule has 160 valence electrons. The predicted molar refractivity (Wildman–Crippen MR) is 117 cm³/mol. The van der Waals surface area contributed by atoms with Crippen LogP contribution in [0, 0.1) is 5.92 Å². The zero-order valence-corrected chi connectivity index (χ0v) is 18.0. The van der Waals surface area contributed by atoms with E-state index in [9.17, 15) is 9.59 Å². The molecule has 2 N–H and O–H groups in total. The predicted octanol–water partition coefficient (Wildman–Crippen LogP) is 3.57. The van der Waals surface area contributed by atoms with Crippen LogP contribution in [0.2, 0.25) is 5.02 Å². The number of amides is 3. The van der Waals surface area contributed by atoms with E-state index in [0.29, 0.717) is 16.8 Å². The highest BCUT2D eigenvalue weighted by molar-refractivity contribution is 6.30. The lowest BCUT2D eigenvalue weighted by Crippen LogP contribution is -2.39. The second-order valence-corrected chi connectivity index (χ2v) is 8.08. The topological polar surface area (TPSA) is 105 Å². The molecule has 9 nitrogen and oxygen atoms in total. The van der Waals surface area contributed by atoms with Crippen LogP contribution in [-0.2, 0) is 4.79 Å². The summed E-state index contributed by atoms with van der Waals surface area (Å²) in [5.74, 6) is 0.307. The number of nitrogens with zero attached hydrogens (tertiary/aromatic N) is 5. The molecule has 2 aromatic heterocycles. The van der Waals surface area contributed by atoms with Crippen molar-refractivity contribution in [2.75, 3.05) is 10.2 Å². The van der Waals surface area contributed by atoms with Crippen molar-refractivity contribution in [3.63, 3.8) is 0 Å². The normalized spacial score (nSPS) is 17.2. The monoisotopic (exact) mass is 439 g/mol. The van der Waals surface area contributed by atoms with Crippen LogP contribution in [0.3, 0.4) is 0 Å². The maximum Gasteiger partial charge on any atom is 0.330 e. The number of hydrogen-bond acceptors (Lipinski definition) is 6. The number of benzene rings is 1. The van der Waals surface area contributed by atoms with Crippen molar-refractivity contribution in [2.45, 2.75) is 32.9 Å². The van der Waals surface area contributed by atoms with Gasteiger partial charge in [-0.1, -0.05) is 25.4 Å². The third-order valence-electron chi connectivity index (χ3n) is 5.03. The third kappa shape index (κ3) is 4.22. The van der Waals surface area contributed by atoms with Gasteiger partial charge in [-0.25, -0.2) is 14.8 Å². The van der Waals surface area contributed by atoms with Gasteiger partial charge in [-0.2, -0.15) is 4.98 Å². The van der Waals surface area contributed by atoms with Crippen LogP contribution >= 0.6 is 11.6 Å². The van der Waals surface area contributed by atoms with Crippen molar-refractivity contribution in [3.8, 4) is 5.69 Å². The minimum atomic E-state index is -0.609. The van der Waals surface area contributed by atoms with E-state index in [2.05, 4.69) is 25.6 Å². The van der Waals surface area contributed by atoms with Gasteiger partial charge in [0.15, 0.2) is 0 Å². The highest BCUT2D eigenvalue weighted by atomic mass is 35.5. The first-order chi connectivity index (χ1) is 14.8. The van der Waals surface area contributed by atoms with Gasteiger partial charge in [-0.15, -0.1) is 0 Å². The molecule has 0 aliphatic carbocycles. The first-order valence-corrected chi connectivity index (χ1v) is 10.2. The molecule has 10 heteroatoms. The number of imidazole rings is 1. The number of nitrogens with one attached hydrogen (secondary N) is 2. The molecule has 1 saturated heterocycles. The third-order valence-corrected chi connectivity index (χ3v) is 5.28. The molecule has 3 aromatic rings. The molecule has 1 aliphatic heterocycles. The number of aromatic nitrogens is 4. The van der Waals surface area contributed by atoms with Crippen LogP contribution in [0.1, 0.15) is 32.5 Å². The second kappa shape index (κ2) is 8.35. The van der Waals surface area contributed by atoms with Crippen molar-refractivity contribution in [2.24, 2.45) is 5.92 Å². The summed E-state index contributed by atoms with van der Waals surface area (Å²) < 4.78 is 1.90. The van der Waals surface area contributed by atoms with Gasteiger partial charge in [0, 0.05) is 23.1 Å². The van der Waals surface area contributed by atoms with E-state index < -0.39 is 12.1 Å². The van der Waals surface area contributed by atoms with Crippen molar-refractivity contribution in [3.05, 3.63) is 59.8 Å². The summed E-state index contributed by atoms with van der Waals surface area (Å²) >= 11 is 5.95. The van der Waals surface area contributed by atoms with E-state index in [4.69, 9.17) is 11.6 Å². The van der Waals surface area contributed by atoms with E-state index in [-0.39, 0.29) is 17.9 Å². The minimum Gasteiger partial charge on any atom is -0.346 e. The lowest BCUT2D eigenvalue weighted by atomic mass is 10.0. The number of imide groups is 1. The van der Waals surface area contributed by atoms with Gasteiger partial charge < -0.3 is 9.88 Å². The average molecular weight is 440 g/mol. The highest BCUT2D eigenvalue weighted by Gasteiger charge is 2.42. The lowest BCUT2D eigenvalue weighted by Gasteiger charge is -2.23. The first-order valence-electron chi connectivity index (χ1n) is 9.87. The Bertz CT molecular complexity index is 1110. The van der Waals surface area contributed by atoms with Crippen LogP contribution in [0.25, 0.3) is 5.69 Å². The molecule has 3 amide bonds. The van der Waals surface area contributed by atoms with E-state index >= 15 is 0 Å². The zero-order chi connectivity index (χ0) is 22.1. The van der Waals surface area contributed by atoms with Crippen LogP contribution in [0.15, 0.2) is 49.1 Å². The van der Waals surface area contributed by atoms with E-state index in [1.807, 2.05) is 55.8 Å². The lowest BCUT2D eigenvalue weighted by molar-refractivity contribution is -0.120. The molecule has 3 heterocycles. The number of carbonyl (C=O) groups excluding carboxylic acids is 2. The van der Waals surface area contributed by atoms with E-state index in [0.717, 1.165) is 11.4 Å². The minimum absolute atomic E-state index is 0.0615. The summed E-state index contributed by atoms with van der Waals surface area (Å²) in [7, 11) is 0. The molecule has 0 spiro atoms. The Hall–Kier alpha value is -3.46. The van der Waals surface area contributed by atoms with Crippen LogP contribution < -0.4 is 15.5 Å². The number of carbonyl (C=O) groups is 2. The SMILES string of the molecule is CC(C)[C@H]1C(=O)NC(=O)N1c1ccnc(N[C@H](C)c2cn(-c3ccc(Cl)cc3)cn2)n1. The quantitative estimate of drug-likeness (QED) is 0.569. The molecule has 4 rings (SSSR count). The summed E-state index contributed by atoms with van der Waals surface area (Å²) in [6.45, 7) is 5.71. The molecule has 1 aromatic carbocycles. The van der Waals surface area contributed by atoms with E-state index in [1.54, 1.807) is 18.6 Å². The van der Waals surface area contributed by atoms with Crippen molar-refractivity contribution < 1.29 is 9.59 Å². The summed E-state index contributed by atoms with van der Waals surface area (Å²) in [4.78, 5) is 39.0. The molecular formula is C21H22ClN7O2. The largest absolute Gasteiger partial charge is 0.346 e. The Morgan fingerprint density at radius 3 is 2.55 bits per heavy atom. The Labute approximate surface area is 184 Å². The second-order valence-electron chi connectivity index (χ2n) is 7.64. The molecular weight excluding hydrogens is 418 g/mol. The maximum atomic E-state index is 12.3. The first kappa shape index (κ1) is 20.8. The van der Waals surface area contributed by atoms with E-state index in [1.165, 1.54) is 4.90 Å². The molecule has 1 aliphatic rings. The van der Waals surface area contributed by atoms with Gasteiger partial charge in [0.25, 0.3) is 5.91 Å². The Kier molecular flexibility index (Phi) is 5.60. The Morgan fingerprint density at radius 1 is 1.10 bits per heavy atom. The number of anilines is 2. The summed E-state index contributed by atoms with van der Waals surface area (Å²) in [5.41, 5.74) is 1.73.